The van der Waals surface area contributed by atoms with Crippen LogP contribution in [-0.4, -0.2) is 25.0 Å². The van der Waals surface area contributed by atoms with E-state index >= 15 is 0 Å². The third kappa shape index (κ3) is 2.17. The molecule has 19 heavy (non-hydrogen) atoms. The number of benzene rings is 1. The lowest BCUT2D eigenvalue weighted by atomic mass is 10.0. The molecule has 0 N–H and O–H groups in total. The summed E-state index contributed by atoms with van der Waals surface area (Å²) in [6, 6.07) is 8.65. The summed E-state index contributed by atoms with van der Waals surface area (Å²) >= 11 is 0. The van der Waals surface area contributed by atoms with Gasteiger partial charge >= 0.3 is 5.97 Å². The fraction of sp³-hybridized carbons (Fsp3) is 0.357. The van der Waals surface area contributed by atoms with Gasteiger partial charge in [-0.25, -0.2) is 4.79 Å². The van der Waals surface area contributed by atoms with E-state index in [0.717, 1.165) is 0 Å². The Morgan fingerprint density at radius 2 is 2.16 bits per heavy atom. The molecule has 1 aromatic carbocycles. The molecule has 0 saturated carbocycles. The molecular weight excluding hydrogens is 244 g/mol. The molecule has 2 rings (SSSR count). The first-order valence-electron chi connectivity index (χ1n) is 5.99. The average molecular weight is 258 g/mol. The average Bonchev–Trinajstić information content (AvgIpc) is 2.72. The Balaban J connectivity index is 2.45. The predicted octanol–water partition coefficient (Wildman–Crippen LogP) is 1.74. The molecule has 1 amide bonds. The Hall–Kier alpha value is -2.35. The van der Waals surface area contributed by atoms with Crippen LogP contribution >= 0.6 is 0 Å². The van der Waals surface area contributed by atoms with E-state index in [1.54, 1.807) is 24.3 Å². The van der Waals surface area contributed by atoms with Crippen molar-refractivity contribution in [1.82, 2.24) is 0 Å². The lowest BCUT2D eigenvalue weighted by Crippen LogP contribution is -2.34. The number of anilines is 1. The first kappa shape index (κ1) is 13.1. The number of amides is 1. The summed E-state index contributed by atoms with van der Waals surface area (Å²) in [6.07, 6.45) is 0.188. The highest BCUT2D eigenvalue weighted by atomic mass is 16.5. The fourth-order valence-corrected chi connectivity index (χ4v) is 2.34. The van der Waals surface area contributed by atoms with Gasteiger partial charge in [-0.3, -0.25) is 4.79 Å². The number of para-hydroxylation sites is 1. The molecule has 1 aromatic rings. The summed E-state index contributed by atoms with van der Waals surface area (Å²) in [7, 11) is 1.30. The van der Waals surface area contributed by atoms with Crippen LogP contribution in [0, 0.1) is 17.2 Å². The van der Waals surface area contributed by atoms with Crippen LogP contribution < -0.4 is 4.90 Å². The minimum Gasteiger partial charge on any atom is -0.465 e. The summed E-state index contributed by atoms with van der Waals surface area (Å²) in [5, 5.41) is 9.02. The lowest BCUT2D eigenvalue weighted by Gasteiger charge is -2.24. The maximum atomic E-state index is 12.0. The van der Waals surface area contributed by atoms with Gasteiger partial charge < -0.3 is 9.64 Å². The molecule has 1 aliphatic rings. The van der Waals surface area contributed by atoms with Crippen molar-refractivity contribution in [2.75, 3.05) is 12.0 Å². The summed E-state index contributed by atoms with van der Waals surface area (Å²) in [5.41, 5.74) is 0.841. The van der Waals surface area contributed by atoms with Crippen LogP contribution in [0.2, 0.25) is 0 Å². The number of rotatable bonds is 2. The highest BCUT2D eigenvalue weighted by molar-refractivity contribution is 6.04. The molecule has 1 fully saturated rings. The van der Waals surface area contributed by atoms with Crippen molar-refractivity contribution >= 4 is 17.6 Å². The summed E-state index contributed by atoms with van der Waals surface area (Å²) in [5.74, 6) is -0.982. The monoisotopic (exact) mass is 258 g/mol. The van der Waals surface area contributed by atoms with Crippen LogP contribution in [-0.2, 0) is 9.53 Å². The number of nitrogens with zero attached hydrogens (tertiary/aromatic N) is 2. The van der Waals surface area contributed by atoms with E-state index in [1.165, 1.54) is 12.0 Å². The molecule has 0 aliphatic carbocycles. The summed E-state index contributed by atoms with van der Waals surface area (Å²) in [6.45, 7) is 1.81. The molecule has 1 aliphatic heterocycles. The van der Waals surface area contributed by atoms with Gasteiger partial charge in [0.25, 0.3) is 0 Å². The first-order chi connectivity index (χ1) is 9.10. The third-order valence-corrected chi connectivity index (χ3v) is 3.39. The second-order valence-electron chi connectivity index (χ2n) is 4.45. The van der Waals surface area contributed by atoms with E-state index in [1.807, 2.05) is 6.92 Å². The van der Waals surface area contributed by atoms with E-state index in [9.17, 15) is 9.59 Å². The SMILES string of the molecule is COC(=O)c1ccccc1N1C(=O)CC(C#N)C1C. The Labute approximate surface area is 111 Å². The summed E-state index contributed by atoms with van der Waals surface area (Å²) < 4.78 is 4.72. The number of carbonyl (C=O) groups is 2. The zero-order valence-corrected chi connectivity index (χ0v) is 10.8. The Bertz CT molecular complexity index is 562. The van der Waals surface area contributed by atoms with Crippen LogP contribution in [0.1, 0.15) is 23.7 Å². The first-order valence-corrected chi connectivity index (χ1v) is 5.99. The van der Waals surface area contributed by atoms with Crippen molar-refractivity contribution in [3.63, 3.8) is 0 Å². The quantitative estimate of drug-likeness (QED) is 0.757. The second kappa shape index (κ2) is 5.11. The van der Waals surface area contributed by atoms with Gasteiger partial charge in [-0.05, 0) is 19.1 Å². The van der Waals surface area contributed by atoms with Crippen LogP contribution in [0.5, 0.6) is 0 Å². The molecule has 5 nitrogen and oxygen atoms in total. The zero-order valence-electron chi connectivity index (χ0n) is 10.8. The molecule has 5 heteroatoms. The van der Waals surface area contributed by atoms with Gasteiger partial charge in [0, 0.05) is 6.42 Å². The third-order valence-electron chi connectivity index (χ3n) is 3.39. The number of nitriles is 1. The Morgan fingerprint density at radius 3 is 2.74 bits per heavy atom. The molecule has 0 spiro atoms. The van der Waals surface area contributed by atoms with Crippen molar-refractivity contribution in [3.05, 3.63) is 29.8 Å². The molecule has 2 unspecified atom stereocenters. The van der Waals surface area contributed by atoms with Crippen LogP contribution in [0.25, 0.3) is 0 Å². The second-order valence-corrected chi connectivity index (χ2v) is 4.45. The van der Waals surface area contributed by atoms with Crippen molar-refractivity contribution in [3.8, 4) is 6.07 Å². The normalized spacial score (nSPS) is 22.2. The van der Waals surface area contributed by atoms with Crippen molar-refractivity contribution in [2.24, 2.45) is 5.92 Å². The van der Waals surface area contributed by atoms with Gasteiger partial charge in [0.2, 0.25) is 5.91 Å². The highest BCUT2D eigenvalue weighted by Gasteiger charge is 2.39. The molecule has 1 saturated heterocycles. The Kier molecular flexibility index (Phi) is 3.52. The molecule has 0 bridgehead atoms. The number of ether oxygens (including phenoxy) is 1. The molecule has 1 heterocycles. The maximum Gasteiger partial charge on any atom is 0.339 e. The lowest BCUT2D eigenvalue weighted by molar-refractivity contribution is -0.117. The van der Waals surface area contributed by atoms with Gasteiger partial charge in [0.1, 0.15) is 0 Å². The van der Waals surface area contributed by atoms with E-state index in [2.05, 4.69) is 6.07 Å². The van der Waals surface area contributed by atoms with Crippen LogP contribution in [0.4, 0.5) is 5.69 Å². The topological polar surface area (TPSA) is 70.4 Å². The van der Waals surface area contributed by atoms with Gasteiger partial charge in [-0.2, -0.15) is 5.26 Å². The van der Waals surface area contributed by atoms with E-state index in [-0.39, 0.29) is 24.3 Å². The number of esters is 1. The predicted molar refractivity (Wildman–Crippen MR) is 68.4 cm³/mol. The Morgan fingerprint density at radius 1 is 1.47 bits per heavy atom. The largest absolute Gasteiger partial charge is 0.465 e. The van der Waals surface area contributed by atoms with Crippen molar-refractivity contribution in [1.29, 1.82) is 5.26 Å². The molecular formula is C14H14N2O3. The molecule has 0 aromatic heterocycles. The van der Waals surface area contributed by atoms with Crippen molar-refractivity contribution < 1.29 is 14.3 Å². The summed E-state index contributed by atoms with van der Waals surface area (Å²) in [4.78, 5) is 25.3. The van der Waals surface area contributed by atoms with Gasteiger partial charge in [0.05, 0.1) is 36.4 Å². The van der Waals surface area contributed by atoms with Gasteiger partial charge in [-0.1, -0.05) is 12.1 Å². The molecule has 0 radical (unpaired) electrons. The molecule has 98 valence electrons. The minimum absolute atomic E-state index is 0.143. The number of hydrogen-bond acceptors (Lipinski definition) is 4. The maximum absolute atomic E-state index is 12.0. The van der Waals surface area contributed by atoms with Crippen LogP contribution in [0.3, 0.4) is 0 Å². The van der Waals surface area contributed by atoms with E-state index < -0.39 is 5.97 Å². The van der Waals surface area contributed by atoms with Gasteiger partial charge in [0.15, 0.2) is 0 Å². The number of hydrogen-bond donors (Lipinski definition) is 0. The van der Waals surface area contributed by atoms with Crippen molar-refractivity contribution in [2.45, 2.75) is 19.4 Å². The van der Waals surface area contributed by atoms with E-state index in [0.29, 0.717) is 11.3 Å². The van der Waals surface area contributed by atoms with E-state index in [4.69, 9.17) is 10.00 Å². The highest BCUT2D eigenvalue weighted by Crippen LogP contribution is 2.32. The van der Waals surface area contributed by atoms with Gasteiger partial charge in [-0.15, -0.1) is 0 Å². The smallest absolute Gasteiger partial charge is 0.339 e. The minimum atomic E-state index is -0.490. The number of methoxy groups -OCH3 is 1. The van der Waals surface area contributed by atoms with Crippen LogP contribution in [0.15, 0.2) is 24.3 Å². The fourth-order valence-electron chi connectivity index (χ4n) is 2.34. The zero-order chi connectivity index (χ0) is 14.0. The standard InChI is InChI=1S/C14H14N2O3/c1-9-10(8-15)7-13(17)16(9)12-6-4-3-5-11(12)14(18)19-2/h3-6,9-10H,7H2,1-2H3. The molecule has 2 atom stereocenters. The number of carbonyl (C=O) groups excluding carboxylic acids is 2.